The van der Waals surface area contributed by atoms with Crippen LogP contribution in [0.5, 0.6) is 0 Å². The van der Waals surface area contributed by atoms with Gasteiger partial charge in [-0.15, -0.1) is 0 Å². The molecule has 1 rings (SSSR count). The molecule has 0 atom stereocenters. The SMILES string of the molecule is C=Cc1ccc(/C=C/C(C)(C)C)cc1[N+](=O)[O-]. The highest BCUT2D eigenvalue weighted by Gasteiger charge is 2.11. The van der Waals surface area contributed by atoms with Gasteiger partial charge in [-0.1, -0.05) is 51.6 Å². The molecule has 0 heterocycles. The fraction of sp³-hybridized carbons (Fsp3) is 0.286. The lowest BCUT2D eigenvalue weighted by molar-refractivity contribution is -0.385. The molecule has 0 fully saturated rings. The fourth-order valence-electron chi connectivity index (χ4n) is 1.34. The van der Waals surface area contributed by atoms with Crippen LogP contribution in [-0.2, 0) is 0 Å². The summed E-state index contributed by atoms with van der Waals surface area (Å²) in [5.74, 6) is 0. The molecule has 0 aromatic heterocycles. The van der Waals surface area contributed by atoms with E-state index in [4.69, 9.17) is 0 Å². The molecule has 0 bridgehead atoms. The predicted molar refractivity (Wildman–Crippen MR) is 71.7 cm³/mol. The number of nitro benzene ring substituents is 1. The fourth-order valence-corrected chi connectivity index (χ4v) is 1.34. The highest BCUT2D eigenvalue weighted by molar-refractivity contribution is 5.64. The second kappa shape index (κ2) is 4.95. The van der Waals surface area contributed by atoms with E-state index in [-0.39, 0.29) is 16.0 Å². The molecule has 0 unspecified atom stereocenters. The van der Waals surface area contributed by atoms with Gasteiger partial charge in [0.25, 0.3) is 5.69 Å². The summed E-state index contributed by atoms with van der Waals surface area (Å²) >= 11 is 0. The summed E-state index contributed by atoms with van der Waals surface area (Å²) in [5.41, 5.74) is 1.53. The van der Waals surface area contributed by atoms with Crippen LogP contribution in [0.1, 0.15) is 31.9 Å². The van der Waals surface area contributed by atoms with Crippen molar-refractivity contribution in [2.45, 2.75) is 20.8 Å². The van der Waals surface area contributed by atoms with Crippen molar-refractivity contribution in [2.24, 2.45) is 5.41 Å². The number of rotatable bonds is 3. The number of hydrogen-bond acceptors (Lipinski definition) is 2. The lowest BCUT2D eigenvalue weighted by atomic mass is 9.95. The van der Waals surface area contributed by atoms with Gasteiger partial charge >= 0.3 is 0 Å². The van der Waals surface area contributed by atoms with E-state index in [1.807, 2.05) is 18.2 Å². The number of allylic oxidation sites excluding steroid dienone is 1. The minimum Gasteiger partial charge on any atom is -0.258 e. The third-order valence-electron chi connectivity index (χ3n) is 2.25. The second-order valence-corrected chi connectivity index (χ2v) is 4.98. The number of benzene rings is 1. The van der Waals surface area contributed by atoms with Crippen molar-refractivity contribution in [3.8, 4) is 0 Å². The normalized spacial score (nSPS) is 11.7. The highest BCUT2D eigenvalue weighted by atomic mass is 16.6. The van der Waals surface area contributed by atoms with Gasteiger partial charge in [-0.2, -0.15) is 0 Å². The minimum absolute atomic E-state index is 0.0614. The molecule has 17 heavy (non-hydrogen) atoms. The quantitative estimate of drug-likeness (QED) is 0.575. The van der Waals surface area contributed by atoms with Crippen LogP contribution in [0.4, 0.5) is 5.69 Å². The van der Waals surface area contributed by atoms with Crippen molar-refractivity contribution >= 4 is 17.8 Å². The lowest BCUT2D eigenvalue weighted by Crippen LogP contribution is -1.98. The maximum Gasteiger partial charge on any atom is 0.277 e. The topological polar surface area (TPSA) is 43.1 Å². The summed E-state index contributed by atoms with van der Waals surface area (Å²) in [5, 5.41) is 10.9. The van der Waals surface area contributed by atoms with Crippen LogP contribution in [0.25, 0.3) is 12.2 Å². The zero-order valence-electron chi connectivity index (χ0n) is 10.4. The smallest absolute Gasteiger partial charge is 0.258 e. The van der Waals surface area contributed by atoms with E-state index in [9.17, 15) is 10.1 Å². The van der Waals surface area contributed by atoms with E-state index in [1.165, 1.54) is 6.08 Å². The Balaban J connectivity index is 3.13. The molecule has 0 saturated heterocycles. The average molecular weight is 231 g/mol. The molecule has 0 aliphatic rings. The Kier molecular flexibility index (Phi) is 3.84. The average Bonchev–Trinajstić information content (AvgIpc) is 2.25. The Hall–Kier alpha value is -1.90. The molecule has 90 valence electrons. The summed E-state index contributed by atoms with van der Waals surface area (Å²) < 4.78 is 0. The summed E-state index contributed by atoms with van der Waals surface area (Å²) in [7, 11) is 0. The lowest BCUT2D eigenvalue weighted by Gasteiger charge is -2.11. The van der Waals surface area contributed by atoms with Crippen molar-refractivity contribution in [1.82, 2.24) is 0 Å². The molecule has 0 radical (unpaired) electrons. The van der Waals surface area contributed by atoms with Crippen LogP contribution in [0, 0.1) is 15.5 Å². The molecular formula is C14H17NO2. The van der Waals surface area contributed by atoms with Gasteiger partial charge in [0.15, 0.2) is 0 Å². The molecule has 1 aromatic carbocycles. The number of hydrogen-bond donors (Lipinski definition) is 0. The van der Waals surface area contributed by atoms with Gasteiger partial charge in [0, 0.05) is 6.07 Å². The highest BCUT2D eigenvalue weighted by Crippen LogP contribution is 2.23. The zero-order chi connectivity index (χ0) is 13.1. The summed E-state index contributed by atoms with van der Waals surface area (Å²) in [6.07, 6.45) is 5.43. The Bertz CT molecular complexity index is 468. The van der Waals surface area contributed by atoms with E-state index < -0.39 is 0 Å². The molecule has 0 aliphatic heterocycles. The first kappa shape index (κ1) is 13.2. The maximum absolute atomic E-state index is 10.9. The van der Waals surface area contributed by atoms with Gasteiger partial charge in [-0.05, 0) is 17.0 Å². The first-order chi connectivity index (χ1) is 7.83. The monoisotopic (exact) mass is 231 g/mol. The van der Waals surface area contributed by atoms with Crippen LogP contribution in [0.2, 0.25) is 0 Å². The van der Waals surface area contributed by atoms with Crippen LogP contribution < -0.4 is 0 Å². The maximum atomic E-state index is 10.9. The van der Waals surface area contributed by atoms with E-state index in [1.54, 1.807) is 12.1 Å². The molecule has 3 nitrogen and oxygen atoms in total. The van der Waals surface area contributed by atoms with Gasteiger partial charge in [-0.25, -0.2) is 0 Å². The largest absolute Gasteiger partial charge is 0.277 e. The van der Waals surface area contributed by atoms with E-state index in [0.717, 1.165) is 5.56 Å². The number of nitro groups is 1. The Morgan fingerprint density at radius 3 is 2.47 bits per heavy atom. The van der Waals surface area contributed by atoms with E-state index in [0.29, 0.717) is 5.56 Å². The summed E-state index contributed by atoms with van der Waals surface area (Å²) in [6, 6.07) is 5.14. The standard InChI is InChI=1S/C14H17NO2/c1-5-12-7-6-11(8-9-14(2,3)4)10-13(12)15(16)17/h5-10H,1H2,2-4H3/b9-8+. The van der Waals surface area contributed by atoms with Gasteiger partial charge in [0.05, 0.1) is 10.5 Å². The summed E-state index contributed by atoms with van der Waals surface area (Å²) in [4.78, 5) is 10.5. The van der Waals surface area contributed by atoms with Crippen LogP contribution in [0.3, 0.4) is 0 Å². The first-order valence-electron chi connectivity index (χ1n) is 5.43. The molecule has 0 aliphatic carbocycles. The zero-order valence-corrected chi connectivity index (χ0v) is 10.4. The second-order valence-electron chi connectivity index (χ2n) is 4.98. The molecule has 0 saturated carbocycles. The summed E-state index contributed by atoms with van der Waals surface area (Å²) in [6.45, 7) is 9.80. The predicted octanol–water partition coefficient (Wildman–Crippen LogP) is 4.30. The van der Waals surface area contributed by atoms with Gasteiger partial charge in [0.1, 0.15) is 0 Å². The van der Waals surface area contributed by atoms with E-state index in [2.05, 4.69) is 27.4 Å². The van der Waals surface area contributed by atoms with Crippen molar-refractivity contribution < 1.29 is 4.92 Å². The Morgan fingerprint density at radius 1 is 1.35 bits per heavy atom. The minimum atomic E-state index is -0.383. The molecule has 0 N–H and O–H groups in total. The van der Waals surface area contributed by atoms with Crippen molar-refractivity contribution in [2.75, 3.05) is 0 Å². The van der Waals surface area contributed by atoms with E-state index >= 15 is 0 Å². The molecule has 0 amide bonds. The van der Waals surface area contributed by atoms with Crippen molar-refractivity contribution in [3.05, 3.63) is 52.1 Å². The Morgan fingerprint density at radius 2 is 2.00 bits per heavy atom. The van der Waals surface area contributed by atoms with Crippen LogP contribution in [0.15, 0.2) is 30.9 Å². The first-order valence-corrected chi connectivity index (χ1v) is 5.43. The van der Waals surface area contributed by atoms with Gasteiger partial charge < -0.3 is 0 Å². The third kappa shape index (κ3) is 3.87. The molecule has 1 aromatic rings. The van der Waals surface area contributed by atoms with Crippen molar-refractivity contribution in [3.63, 3.8) is 0 Å². The van der Waals surface area contributed by atoms with Gasteiger partial charge in [0.2, 0.25) is 0 Å². The van der Waals surface area contributed by atoms with Crippen LogP contribution >= 0.6 is 0 Å². The number of nitrogens with zero attached hydrogens (tertiary/aromatic N) is 1. The van der Waals surface area contributed by atoms with Crippen LogP contribution in [-0.4, -0.2) is 4.92 Å². The van der Waals surface area contributed by atoms with Crippen molar-refractivity contribution in [1.29, 1.82) is 0 Å². The Labute approximate surface area is 102 Å². The molecular weight excluding hydrogens is 214 g/mol. The van der Waals surface area contributed by atoms with Gasteiger partial charge in [-0.3, -0.25) is 10.1 Å². The molecule has 3 heteroatoms. The molecule has 0 spiro atoms. The third-order valence-corrected chi connectivity index (χ3v) is 2.25.